The average Bonchev–Trinajstić information content (AvgIpc) is 2.94. The molecule has 4 N–H and O–H groups in total. The molecule has 2 heterocycles. The molecule has 2 unspecified atom stereocenters. The standard InChI is InChI=1S/C15H21N3O2/c1-9(11-4-5-20-8-11)17-14-7-13-10(6-12(14)16)2-3-15(19)18-13/h6-7,9,11,17H,2-5,8,16H2,1H3,(H,18,19). The fourth-order valence-corrected chi connectivity index (χ4v) is 2.88. The van der Waals surface area contributed by atoms with E-state index in [4.69, 9.17) is 10.5 Å². The highest BCUT2D eigenvalue weighted by Crippen LogP contribution is 2.32. The van der Waals surface area contributed by atoms with Gasteiger partial charge in [0.05, 0.1) is 18.0 Å². The van der Waals surface area contributed by atoms with Gasteiger partial charge in [-0.2, -0.15) is 0 Å². The first-order valence-electron chi connectivity index (χ1n) is 7.20. The van der Waals surface area contributed by atoms with Crippen molar-refractivity contribution in [1.29, 1.82) is 0 Å². The SMILES string of the molecule is CC(Nc1cc2c(cc1N)CCC(=O)N2)C1CCOC1. The molecule has 0 radical (unpaired) electrons. The monoisotopic (exact) mass is 275 g/mol. The molecule has 1 amide bonds. The molecule has 2 aliphatic rings. The van der Waals surface area contributed by atoms with Crippen LogP contribution < -0.4 is 16.4 Å². The molecule has 0 bridgehead atoms. The topological polar surface area (TPSA) is 76.4 Å². The van der Waals surface area contributed by atoms with Gasteiger partial charge in [-0.25, -0.2) is 0 Å². The fraction of sp³-hybridized carbons (Fsp3) is 0.533. The molecular weight excluding hydrogens is 254 g/mol. The van der Waals surface area contributed by atoms with Crippen LogP contribution in [0.4, 0.5) is 17.1 Å². The number of fused-ring (bicyclic) bond motifs is 1. The smallest absolute Gasteiger partial charge is 0.224 e. The number of carbonyl (C=O) groups excluding carboxylic acids is 1. The van der Waals surface area contributed by atoms with Gasteiger partial charge in [-0.3, -0.25) is 4.79 Å². The molecule has 2 atom stereocenters. The van der Waals surface area contributed by atoms with E-state index in [1.54, 1.807) is 0 Å². The van der Waals surface area contributed by atoms with Crippen molar-refractivity contribution in [3.63, 3.8) is 0 Å². The fourth-order valence-electron chi connectivity index (χ4n) is 2.88. The van der Waals surface area contributed by atoms with Crippen LogP contribution in [-0.4, -0.2) is 25.2 Å². The van der Waals surface area contributed by atoms with Crippen LogP contribution in [0, 0.1) is 5.92 Å². The van der Waals surface area contributed by atoms with Gasteiger partial charge in [-0.15, -0.1) is 0 Å². The highest BCUT2D eigenvalue weighted by atomic mass is 16.5. The zero-order valence-electron chi connectivity index (χ0n) is 11.7. The first kappa shape index (κ1) is 13.2. The quantitative estimate of drug-likeness (QED) is 0.737. The number of amides is 1. The van der Waals surface area contributed by atoms with Gasteiger partial charge >= 0.3 is 0 Å². The Morgan fingerprint density at radius 3 is 3.05 bits per heavy atom. The summed E-state index contributed by atoms with van der Waals surface area (Å²) in [5.74, 6) is 0.588. The van der Waals surface area contributed by atoms with Gasteiger partial charge in [0.25, 0.3) is 0 Å². The Balaban J connectivity index is 1.78. The number of hydrogen-bond acceptors (Lipinski definition) is 4. The first-order chi connectivity index (χ1) is 9.63. The van der Waals surface area contributed by atoms with Crippen LogP contribution in [0.5, 0.6) is 0 Å². The number of nitrogens with two attached hydrogens (primary N) is 1. The number of nitrogen functional groups attached to an aromatic ring is 1. The maximum Gasteiger partial charge on any atom is 0.224 e. The zero-order chi connectivity index (χ0) is 14.1. The number of aryl methyl sites for hydroxylation is 1. The lowest BCUT2D eigenvalue weighted by Gasteiger charge is -2.24. The Morgan fingerprint density at radius 1 is 1.45 bits per heavy atom. The van der Waals surface area contributed by atoms with Gasteiger partial charge in [0.15, 0.2) is 0 Å². The van der Waals surface area contributed by atoms with E-state index >= 15 is 0 Å². The van der Waals surface area contributed by atoms with Crippen LogP contribution in [-0.2, 0) is 16.0 Å². The number of hydrogen-bond donors (Lipinski definition) is 3. The normalized spacial score (nSPS) is 23.1. The summed E-state index contributed by atoms with van der Waals surface area (Å²) in [7, 11) is 0. The van der Waals surface area contributed by atoms with Crippen LogP contribution >= 0.6 is 0 Å². The number of rotatable bonds is 3. The van der Waals surface area contributed by atoms with Gasteiger partial charge in [0, 0.05) is 30.7 Å². The third-order valence-corrected chi connectivity index (χ3v) is 4.23. The summed E-state index contributed by atoms with van der Waals surface area (Å²) in [5.41, 5.74) is 9.75. The number of ether oxygens (including phenoxy) is 1. The summed E-state index contributed by atoms with van der Waals surface area (Å²) in [5, 5.41) is 6.37. The Kier molecular flexibility index (Phi) is 3.53. The predicted molar refractivity (Wildman–Crippen MR) is 79.8 cm³/mol. The average molecular weight is 275 g/mol. The molecule has 0 aliphatic carbocycles. The van der Waals surface area contributed by atoms with Crippen LogP contribution in [0.3, 0.4) is 0 Å². The van der Waals surface area contributed by atoms with Crippen molar-refractivity contribution in [2.45, 2.75) is 32.2 Å². The van der Waals surface area contributed by atoms with E-state index in [1.807, 2.05) is 12.1 Å². The Labute approximate surface area is 118 Å². The van der Waals surface area contributed by atoms with Gasteiger partial charge in [0.2, 0.25) is 5.91 Å². The molecule has 1 saturated heterocycles. The number of benzene rings is 1. The molecule has 0 saturated carbocycles. The summed E-state index contributed by atoms with van der Waals surface area (Å²) < 4.78 is 5.42. The number of anilines is 3. The Bertz CT molecular complexity index is 524. The van der Waals surface area contributed by atoms with Crippen molar-refractivity contribution >= 4 is 23.0 Å². The highest BCUT2D eigenvalue weighted by molar-refractivity contribution is 5.95. The van der Waals surface area contributed by atoms with Crippen LogP contribution in [0.1, 0.15) is 25.3 Å². The molecule has 108 valence electrons. The molecule has 0 aromatic heterocycles. The van der Waals surface area contributed by atoms with Crippen LogP contribution in [0.25, 0.3) is 0 Å². The van der Waals surface area contributed by atoms with Crippen molar-refractivity contribution in [3.8, 4) is 0 Å². The van der Waals surface area contributed by atoms with E-state index in [2.05, 4.69) is 17.6 Å². The largest absolute Gasteiger partial charge is 0.397 e. The summed E-state index contributed by atoms with van der Waals surface area (Å²) in [6, 6.07) is 4.22. The lowest BCUT2D eigenvalue weighted by molar-refractivity contribution is -0.116. The molecule has 0 spiro atoms. The van der Waals surface area contributed by atoms with Crippen LogP contribution in [0.15, 0.2) is 12.1 Å². The second kappa shape index (κ2) is 5.32. The van der Waals surface area contributed by atoms with Crippen molar-refractivity contribution in [2.75, 3.05) is 29.6 Å². The Hall–Kier alpha value is -1.75. The molecule has 1 fully saturated rings. The van der Waals surface area contributed by atoms with Gasteiger partial charge in [-0.1, -0.05) is 0 Å². The molecule has 20 heavy (non-hydrogen) atoms. The van der Waals surface area contributed by atoms with Crippen molar-refractivity contribution in [1.82, 2.24) is 0 Å². The van der Waals surface area contributed by atoms with E-state index < -0.39 is 0 Å². The molecular formula is C15H21N3O2. The van der Waals surface area contributed by atoms with Gasteiger partial charge < -0.3 is 21.1 Å². The molecule has 1 aromatic carbocycles. The van der Waals surface area contributed by atoms with E-state index in [9.17, 15) is 4.79 Å². The zero-order valence-corrected chi connectivity index (χ0v) is 11.7. The second-order valence-corrected chi connectivity index (χ2v) is 5.70. The predicted octanol–water partition coefficient (Wildman–Crippen LogP) is 1.99. The molecule has 5 nitrogen and oxygen atoms in total. The minimum Gasteiger partial charge on any atom is -0.397 e. The van der Waals surface area contributed by atoms with E-state index in [-0.39, 0.29) is 5.91 Å². The second-order valence-electron chi connectivity index (χ2n) is 5.70. The molecule has 5 heteroatoms. The third-order valence-electron chi connectivity index (χ3n) is 4.23. The van der Waals surface area contributed by atoms with Crippen LogP contribution in [0.2, 0.25) is 0 Å². The maximum atomic E-state index is 11.5. The van der Waals surface area contributed by atoms with Crippen molar-refractivity contribution in [2.24, 2.45) is 5.92 Å². The van der Waals surface area contributed by atoms with E-state index in [0.29, 0.717) is 18.4 Å². The summed E-state index contributed by atoms with van der Waals surface area (Å²) in [6.07, 6.45) is 2.38. The highest BCUT2D eigenvalue weighted by Gasteiger charge is 2.23. The first-order valence-corrected chi connectivity index (χ1v) is 7.20. The third kappa shape index (κ3) is 2.58. The van der Waals surface area contributed by atoms with Gasteiger partial charge in [0.1, 0.15) is 0 Å². The molecule has 1 aromatic rings. The summed E-state index contributed by atoms with van der Waals surface area (Å²) in [6.45, 7) is 3.79. The number of carbonyl (C=O) groups is 1. The lowest BCUT2D eigenvalue weighted by atomic mass is 9.98. The molecule has 3 rings (SSSR count). The lowest BCUT2D eigenvalue weighted by Crippen LogP contribution is -2.27. The minimum atomic E-state index is 0.0745. The molecule has 2 aliphatic heterocycles. The Morgan fingerprint density at radius 2 is 2.30 bits per heavy atom. The summed E-state index contributed by atoms with van der Waals surface area (Å²) >= 11 is 0. The van der Waals surface area contributed by atoms with Gasteiger partial charge in [-0.05, 0) is 37.5 Å². The maximum absolute atomic E-state index is 11.5. The minimum absolute atomic E-state index is 0.0745. The van der Waals surface area contributed by atoms with Crippen molar-refractivity contribution < 1.29 is 9.53 Å². The van der Waals surface area contributed by atoms with E-state index in [0.717, 1.165) is 48.7 Å². The summed E-state index contributed by atoms with van der Waals surface area (Å²) in [4.78, 5) is 11.5. The number of nitrogens with one attached hydrogen (secondary N) is 2. The van der Waals surface area contributed by atoms with Crippen molar-refractivity contribution in [3.05, 3.63) is 17.7 Å². The van der Waals surface area contributed by atoms with E-state index in [1.165, 1.54) is 0 Å².